The summed E-state index contributed by atoms with van der Waals surface area (Å²) in [6.45, 7) is 2.78. The second-order valence-electron chi connectivity index (χ2n) is 3.37. The number of aliphatic hydroxyl groups is 1. The van der Waals surface area contributed by atoms with E-state index in [0.29, 0.717) is 0 Å². The minimum Gasteiger partial charge on any atom is -0.332 e. The van der Waals surface area contributed by atoms with Crippen molar-refractivity contribution >= 4 is 0 Å². The van der Waals surface area contributed by atoms with Gasteiger partial charge in [0.2, 0.25) is 0 Å². The van der Waals surface area contributed by atoms with Crippen molar-refractivity contribution in [3.63, 3.8) is 0 Å². The maximum Gasteiger partial charge on any atom is 0.417 e. The summed E-state index contributed by atoms with van der Waals surface area (Å²) in [5.41, 5.74) is -1.95. The molecular formula is C6H10F4O. The Morgan fingerprint density at radius 2 is 1.18 bits per heavy atom. The van der Waals surface area contributed by atoms with Gasteiger partial charge in [-0.3, -0.25) is 0 Å². The molecule has 0 aliphatic carbocycles. The van der Waals surface area contributed by atoms with E-state index in [0.717, 1.165) is 20.8 Å². The lowest BCUT2D eigenvalue weighted by Crippen LogP contribution is -2.49. The Morgan fingerprint density at radius 3 is 1.18 bits per heavy atom. The van der Waals surface area contributed by atoms with E-state index in [9.17, 15) is 17.6 Å². The number of alkyl halides is 4. The van der Waals surface area contributed by atoms with Gasteiger partial charge in [0.15, 0.2) is 0 Å². The van der Waals surface area contributed by atoms with Gasteiger partial charge in [0.05, 0.1) is 0 Å². The highest BCUT2D eigenvalue weighted by atomic mass is 19.3. The van der Waals surface area contributed by atoms with Crippen LogP contribution in [0.1, 0.15) is 20.8 Å². The minimum absolute atomic E-state index is 0.928. The Morgan fingerprint density at radius 1 is 0.909 bits per heavy atom. The topological polar surface area (TPSA) is 20.2 Å². The summed E-state index contributed by atoms with van der Waals surface area (Å²) in [6, 6.07) is 0. The Labute approximate surface area is 62.0 Å². The van der Waals surface area contributed by atoms with Crippen LogP contribution in [0, 0.1) is 5.41 Å². The quantitative estimate of drug-likeness (QED) is 0.604. The maximum absolute atomic E-state index is 12.4. The number of rotatable bonds is 1. The van der Waals surface area contributed by atoms with Gasteiger partial charge in [-0.25, -0.2) is 0 Å². The molecule has 0 rings (SSSR count). The first-order valence-electron chi connectivity index (χ1n) is 2.98. The van der Waals surface area contributed by atoms with E-state index in [1.54, 1.807) is 0 Å². The average molecular weight is 174 g/mol. The molecule has 0 fully saturated rings. The van der Waals surface area contributed by atoms with Crippen molar-refractivity contribution in [3.8, 4) is 0 Å². The molecule has 0 atom stereocenters. The third-order valence-electron chi connectivity index (χ3n) is 1.32. The fraction of sp³-hybridized carbons (Fsp3) is 1.00. The van der Waals surface area contributed by atoms with Crippen LogP contribution in [0.3, 0.4) is 0 Å². The second kappa shape index (κ2) is 2.33. The molecule has 0 aromatic heterocycles. The van der Waals surface area contributed by atoms with Gasteiger partial charge in [0.1, 0.15) is 0 Å². The van der Waals surface area contributed by atoms with Gasteiger partial charge in [-0.15, -0.1) is 0 Å². The lowest BCUT2D eigenvalue weighted by molar-refractivity contribution is -0.354. The van der Waals surface area contributed by atoms with Gasteiger partial charge >= 0.3 is 12.0 Å². The minimum atomic E-state index is -4.95. The van der Waals surface area contributed by atoms with Crippen molar-refractivity contribution < 1.29 is 22.7 Å². The molecule has 11 heavy (non-hydrogen) atoms. The zero-order chi connectivity index (χ0) is 9.50. The molecule has 0 aromatic carbocycles. The number of hydrogen-bond donors (Lipinski definition) is 1. The van der Waals surface area contributed by atoms with Crippen molar-refractivity contribution in [2.24, 2.45) is 5.41 Å². The van der Waals surface area contributed by atoms with Gasteiger partial charge in [0, 0.05) is 5.41 Å². The molecule has 0 saturated carbocycles. The van der Waals surface area contributed by atoms with Gasteiger partial charge in [0.25, 0.3) is 0 Å². The largest absolute Gasteiger partial charge is 0.417 e. The van der Waals surface area contributed by atoms with Crippen LogP contribution in [-0.4, -0.2) is 17.1 Å². The highest BCUT2D eigenvalue weighted by Gasteiger charge is 2.62. The summed E-state index contributed by atoms with van der Waals surface area (Å²) in [7, 11) is 0. The fourth-order valence-corrected chi connectivity index (χ4v) is 0.451. The molecule has 1 nitrogen and oxygen atoms in total. The normalized spacial score (nSPS) is 15.3. The standard InChI is InChI=1S/C6H10F4O/c1-4(2,3)5(7,8)6(9,10)11/h11H,1-3H3. The van der Waals surface area contributed by atoms with Crippen LogP contribution in [0.5, 0.6) is 0 Å². The van der Waals surface area contributed by atoms with E-state index in [2.05, 4.69) is 0 Å². The summed E-state index contributed by atoms with van der Waals surface area (Å²) >= 11 is 0. The number of halogens is 4. The maximum atomic E-state index is 12.4. The highest BCUT2D eigenvalue weighted by Crippen LogP contribution is 2.45. The predicted molar refractivity (Wildman–Crippen MR) is 31.6 cm³/mol. The zero-order valence-corrected chi connectivity index (χ0v) is 6.46. The summed E-state index contributed by atoms with van der Waals surface area (Å²) in [5, 5.41) is 7.80. The summed E-state index contributed by atoms with van der Waals surface area (Å²) in [4.78, 5) is 0. The van der Waals surface area contributed by atoms with Crippen LogP contribution in [0.4, 0.5) is 17.6 Å². The summed E-state index contributed by atoms with van der Waals surface area (Å²) < 4.78 is 48.5. The lowest BCUT2D eigenvalue weighted by atomic mass is 9.87. The van der Waals surface area contributed by atoms with Crippen molar-refractivity contribution in [1.29, 1.82) is 0 Å². The molecule has 0 aliphatic heterocycles. The Balaban J connectivity index is 4.75. The van der Waals surface area contributed by atoms with E-state index in [4.69, 9.17) is 5.11 Å². The first-order chi connectivity index (χ1) is 4.50. The average Bonchev–Trinajstić information content (AvgIpc) is 1.58. The van der Waals surface area contributed by atoms with E-state index in [1.165, 1.54) is 0 Å². The molecule has 0 aromatic rings. The zero-order valence-electron chi connectivity index (χ0n) is 6.46. The van der Waals surface area contributed by atoms with Crippen LogP contribution < -0.4 is 0 Å². The molecule has 0 radical (unpaired) electrons. The van der Waals surface area contributed by atoms with Gasteiger partial charge in [-0.1, -0.05) is 20.8 Å². The van der Waals surface area contributed by atoms with Crippen LogP contribution in [0.15, 0.2) is 0 Å². The second-order valence-corrected chi connectivity index (χ2v) is 3.37. The summed E-state index contributed by atoms with van der Waals surface area (Å²) in [5.74, 6) is -4.40. The molecule has 0 saturated heterocycles. The Kier molecular flexibility index (Phi) is 2.27. The van der Waals surface area contributed by atoms with E-state index < -0.39 is 17.4 Å². The number of hydrogen-bond acceptors (Lipinski definition) is 1. The molecule has 0 heterocycles. The smallest absolute Gasteiger partial charge is 0.332 e. The van der Waals surface area contributed by atoms with Gasteiger partial charge < -0.3 is 5.11 Å². The molecule has 68 valence electrons. The Bertz CT molecular complexity index is 126. The van der Waals surface area contributed by atoms with Crippen molar-refractivity contribution in [2.45, 2.75) is 32.8 Å². The van der Waals surface area contributed by atoms with Gasteiger partial charge in [-0.05, 0) is 0 Å². The molecule has 0 aliphatic rings. The lowest BCUT2D eigenvalue weighted by Gasteiger charge is -2.32. The summed E-state index contributed by atoms with van der Waals surface area (Å²) in [6.07, 6.45) is -4.95. The van der Waals surface area contributed by atoms with Crippen LogP contribution in [0.2, 0.25) is 0 Å². The molecular weight excluding hydrogens is 164 g/mol. The third-order valence-corrected chi connectivity index (χ3v) is 1.32. The molecule has 0 unspecified atom stereocenters. The molecule has 0 amide bonds. The van der Waals surface area contributed by atoms with Gasteiger partial charge in [-0.2, -0.15) is 17.6 Å². The van der Waals surface area contributed by atoms with Crippen LogP contribution >= 0.6 is 0 Å². The first kappa shape index (κ1) is 10.7. The van der Waals surface area contributed by atoms with Crippen molar-refractivity contribution in [2.75, 3.05) is 0 Å². The van der Waals surface area contributed by atoms with E-state index in [-0.39, 0.29) is 0 Å². The third kappa shape index (κ3) is 1.83. The molecule has 1 N–H and O–H groups in total. The van der Waals surface area contributed by atoms with E-state index in [1.807, 2.05) is 0 Å². The van der Waals surface area contributed by atoms with E-state index >= 15 is 0 Å². The predicted octanol–water partition coefficient (Wildman–Crippen LogP) is 2.25. The van der Waals surface area contributed by atoms with Crippen molar-refractivity contribution in [1.82, 2.24) is 0 Å². The van der Waals surface area contributed by atoms with Crippen LogP contribution in [-0.2, 0) is 0 Å². The molecule has 0 bridgehead atoms. The monoisotopic (exact) mass is 174 g/mol. The fourth-order valence-electron chi connectivity index (χ4n) is 0.451. The SMILES string of the molecule is CC(C)(C)C(F)(F)C(O)(F)F. The highest BCUT2D eigenvalue weighted by molar-refractivity contribution is 4.87. The first-order valence-corrected chi connectivity index (χ1v) is 2.98. The molecule has 0 spiro atoms. The Hall–Kier alpha value is -0.320. The molecule has 5 heteroatoms. The van der Waals surface area contributed by atoms with Crippen molar-refractivity contribution in [3.05, 3.63) is 0 Å². The van der Waals surface area contributed by atoms with Crippen LogP contribution in [0.25, 0.3) is 0 Å².